The summed E-state index contributed by atoms with van der Waals surface area (Å²) in [7, 11) is 1.54. The molecule has 0 unspecified atom stereocenters. The maximum absolute atomic E-state index is 12.9. The Morgan fingerprint density at radius 1 is 1.10 bits per heavy atom. The maximum Gasteiger partial charge on any atom is 0.262 e. The number of hydrogen-bond acceptors (Lipinski definition) is 6. The van der Waals surface area contributed by atoms with Gasteiger partial charge in [0.05, 0.1) is 7.11 Å². The monoisotopic (exact) mass is 387 g/mol. The predicted octanol–water partition coefficient (Wildman–Crippen LogP) is 4.03. The Bertz CT molecular complexity index is 1250. The van der Waals surface area contributed by atoms with Crippen LogP contribution in [-0.4, -0.2) is 23.1 Å². The van der Waals surface area contributed by atoms with E-state index in [1.807, 2.05) is 12.1 Å². The summed E-state index contributed by atoms with van der Waals surface area (Å²) in [4.78, 5) is 21.6. The topological polar surface area (TPSA) is 97.0 Å². The van der Waals surface area contributed by atoms with Crippen LogP contribution in [0.4, 0.5) is 11.5 Å². The largest absolute Gasteiger partial charge is 0.508 e. The number of amides is 1. The van der Waals surface area contributed by atoms with Crippen molar-refractivity contribution < 1.29 is 19.1 Å². The highest BCUT2D eigenvalue weighted by molar-refractivity contribution is 6.05. The average Bonchev–Trinajstić information content (AvgIpc) is 2.74. The van der Waals surface area contributed by atoms with E-state index in [-0.39, 0.29) is 16.9 Å². The molecule has 0 atom stereocenters. The molecular weight excluding hydrogens is 370 g/mol. The molecule has 1 amide bonds. The number of nitrogens with zero attached hydrogens (tertiary/aromatic N) is 2. The van der Waals surface area contributed by atoms with Crippen molar-refractivity contribution >= 4 is 28.4 Å². The smallest absolute Gasteiger partial charge is 0.262 e. The number of rotatable bonds is 4. The van der Waals surface area contributed by atoms with E-state index in [2.05, 4.69) is 15.3 Å². The Kier molecular flexibility index (Phi) is 4.94. The van der Waals surface area contributed by atoms with Gasteiger partial charge in [-0.15, -0.1) is 0 Å². The number of aromatic nitrogens is 1. The van der Waals surface area contributed by atoms with E-state index in [9.17, 15) is 9.90 Å². The molecule has 7 heteroatoms. The SMILES string of the molecule is COc1ccccc1N=c1oc2cc(O)ccc2cc1C(=O)Nc1ccccn1. The lowest BCUT2D eigenvalue weighted by Crippen LogP contribution is -2.22. The van der Waals surface area contributed by atoms with Gasteiger partial charge in [-0.2, -0.15) is 0 Å². The fourth-order valence-corrected chi connectivity index (χ4v) is 2.80. The molecule has 0 radical (unpaired) electrons. The van der Waals surface area contributed by atoms with E-state index < -0.39 is 5.91 Å². The Hall–Kier alpha value is -4.13. The maximum atomic E-state index is 12.9. The third kappa shape index (κ3) is 3.93. The number of carbonyl (C=O) groups is 1. The number of benzene rings is 2. The Balaban J connectivity index is 1.89. The van der Waals surface area contributed by atoms with Crippen LogP contribution in [0.5, 0.6) is 11.5 Å². The quantitative estimate of drug-likeness (QED) is 0.551. The standard InChI is InChI=1S/C22H17N3O4/c1-28-18-7-3-2-6-17(18)24-22-16(21(27)25-20-8-4-5-11-23-20)12-14-9-10-15(26)13-19(14)29-22/h2-13,26H,1H3,(H,23,25,27). The van der Waals surface area contributed by atoms with E-state index >= 15 is 0 Å². The second kappa shape index (κ2) is 7.85. The molecule has 4 rings (SSSR count). The third-order valence-corrected chi connectivity index (χ3v) is 4.19. The molecule has 2 heterocycles. The minimum atomic E-state index is -0.420. The first-order valence-corrected chi connectivity index (χ1v) is 8.81. The highest BCUT2D eigenvalue weighted by Gasteiger charge is 2.14. The Morgan fingerprint density at radius 3 is 2.72 bits per heavy atom. The van der Waals surface area contributed by atoms with Crippen LogP contribution in [0, 0.1) is 0 Å². The number of fused-ring (bicyclic) bond motifs is 1. The van der Waals surface area contributed by atoms with Gasteiger partial charge >= 0.3 is 0 Å². The van der Waals surface area contributed by atoms with Gasteiger partial charge in [0.25, 0.3) is 5.91 Å². The molecule has 2 aromatic carbocycles. The number of anilines is 1. The van der Waals surface area contributed by atoms with Gasteiger partial charge in [0.1, 0.15) is 34.2 Å². The third-order valence-electron chi connectivity index (χ3n) is 4.19. The minimum Gasteiger partial charge on any atom is -0.508 e. The molecule has 4 aromatic rings. The van der Waals surface area contributed by atoms with Gasteiger partial charge in [0.2, 0.25) is 5.55 Å². The number of ether oxygens (including phenoxy) is 1. The molecule has 29 heavy (non-hydrogen) atoms. The van der Waals surface area contributed by atoms with Crippen LogP contribution < -0.4 is 15.6 Å². The van der Waals surface area contributed by atoms with Crippen molar-refractivity contribution in [1.29, 1.82) is 0 Å². The van der Waals surface area contributed by atoms with Gasteiger partial charge in [0, 0.05) is 17.6 Å². The number of para-hydroxylation sites is 2. The molecule has 0 aliphatic rings. The van der Waals surface area contributed by atoms with Crippen LogP contribution in [0.15, 0.2) is 82.3 Å². The minimum absolute atomic E-state index is 0.0511. The number of aromatic hydroxyl groups is 1. The molecule has 0 aliphatic heterocycles. The summed E-state index contributed by atoms with van der Waals surface area (Å²) in [5.41, 5.74) is 1.21. The molecule has 0 spiro atoms. The van der Waals surface area contributed by atoms with Crippen LogP contribution in [-0.2, 0) is 0 Å². The Morgan fingerprint density at radius 2 is 1.93 bits per heavy atom. The second-order valence-electron chi connectivity index (χ2n) is 6.14. The van der Waals surface area contributed by atoms with E-state index in [0.717, 1.165) is 0 Å². The first kappa shape index (κ1) is 18.2. The Labute approximate surface area is 165 Å². The molecule has 2 N–H and O–H groups in total. The predicted molar refractivity (Wildman–Crippen MR) is 108 cm³/mol. The van der Waals surface area contributed by atoms with Gasteiger partial charge < -0.3 is 19.6 Å². The summed E-state index contributed by atoms with van der Waals surface area (Å²) < 4.78 is 11.2. The van der Waals surface area contributed by atoms with Gasteiger partial charge in [-0.05, 0) is 42.5 Å². The fraction of sp³-hybridized carbons (Fsp3) is 0.0455. The zero-order valence-corrected chi connectivity index (χ0v) is 15.5. The first-order chi connectivity index (χ1) is 14.1. The summed E-state index contributed by atoms with van der Waals surface area (Å²) in [6, 6.07) is 18.7. The number of nitrogens with one attached hydrogen (secondary N) is 1. The molecule has 7 nitrogen and oxygen atoms in total. The van der Waals surface area contributed by atoms with Gasteiger partial charge in [0.15, 0.2) is 0 Å². The molecule has 0 saturated carbocycles. The van der Waals surface area contributed by atoms with Gasteiger partial charge in [-0.1, -0.05) is 18.2 Å². The summed E-state index contributed by atoms with van der Waals surface area (Å²) in [6.45, 7) is 0. The molecule has 0 saturated heterocycles. The molecular formula is C22H17N3O4. The van der Waals surface area contributed by atoms with Crippen LogP contribution >= 0.6 is 0 Å². The van der Waals surface area contributed by atoms with Crippen LogP contribution in [0.3, 0.4) is 0 Å². The zero-order valence-electron chi connectivity index (χ0n) is 15.5. The summed E-state index contributed by atoms with van der Waals surface area (Å²) in [6.07, 6.45) is 1.59. The number of phenolic OH excluding ortho intramolecular Hbond substituents is 1. The van der Waals surface area contributed by atoms with E-state index in [4.69, 9.17) is 9.15 Å². The van der Waals surface area contributed by atoms with E-state index in [0.29, 0.717) is 28.2 Å². The van der Waals surface area contributed by atoms with Crippen molar-refractivity contribution in [2.24, 2.45) is 4.99 Å². The summed E-state index contributed by atoms with van der Waals surface area (Å²) >= 11 is 0. The number of phenols is 1. The van der Waals surface area contributed by atoms with Crippen molar-refractivity contribution in [3.05, 3.63) is 84.0 Å². The van der Waals surface area contributed by atoms with Crippen molar-refractivity contribution in [1.82, 2.24) is 4.98 Å². The zero-order chi connectivity index (χ0) is 20.2. The normalized spacial score (nSPS) is 11.4. The molecule has 0 bridgehead atoms. The number of pyridine rings is 1. The van der Waals surface area contributed by atoms with Crippen LogP contribution in [0.25, 0.3) is 11.0 Å². The lowest BCUT2D eigenvalue weighted by atomic mass is 10.1. The van der Waals surface area contributed by atoms with Crippen molar-refractivity contribution in [2.75, 3.05) is 12.4 Å². The lowest BCUT2D eigenvalue weighted by molar-refractivity contribution is 0.102. The van der Waals surface area contributed by atoms with Crippen LogP contribution in [0.2, 0.25) is 0 Å². The number of hydrogen-bond donors (Lipinski definition) is 2. The van der Waals surface area contributed by atoms with Gasteiger partial charge in [-0.25, -0.2) is 9.98 Å². The fourth-order valence-electron chi connectivity index (χ4n) is 2.80. The summed E-state index contributed by atoms with van der Waals surface area (Å²) in [5.74, 6) is 0.576. The molecule has 2 aromatic heterocycles. The molecule has 0 fully saturated rings. The average molecular weight is 387 g/mol. The van der Waals surface area contributed by atoms with Crippen molar-refractivity contribution in [3.63, 3.8) is 0 Å². The first-order valence-electron chi connectivity index (χ1n) is 8.81. The second-order valence-corrected chi connectivity index (χ2v) is 6.14. The number of methoxy groups -OCH3 is 1. The number of carbonyl (C=O) groups excluding carboxylic acids is 1. The molecule has 144 valence electrons. The summed E-state index contributed by atoms with van der Waals surface area (Å²) in [5, 5.41) is 13.2. The van der Waals surface area contributed by atoms with E-state index in [1.54, 1.807) is 55.8 Å². The highest BCUT2D eigenvalue weighted by atomic mass is 16.5. The van der Waals surface area contributed by atoms with Gasteiger partial charge in [-0.3, -0.25) is 4.79 Å². The van der Waals surface area contributed by atoms with Crippen molar-refractivity contribution in [2.45, 2.75) is 0 Å². The van der Waals surface area contributed by atoms with Crippen molar-refractivity contribution in [3.8, 4) is 11.5 Å². The van der Waals surface area contributed by atoms with E-state index in [1.165, 1.54) is 12.1 Å². The van der Waals surface area contributed by atoms with Crippen LogP contribution in [0.1, 0.15) is 10.4 Å². The lowest BCUT2D eigenvalue weighted by Gasteiger charge is -2.07. The molecule has 0 aliphatic carbocycles. The highest BCUT2D eigenvalue weighted by Crippen LogP contribution is 2.26.